The van der Waals surface area contributed by atoms with E-state index in [9.17, 15) is 9.59 Å². The largest absolute Gasteiger partial charge is 0.347 e. The Kier molecular flexibility index (Phi) is 4.27. The van der Waals surface area contributed by atoms with Gasteiger partial charge in [0.15, 0.2) is 5.01 Å². The van der Waals surface area contributed by atoms with Gasteiger partial charge in [0.25, 0.3) is 5.91 Å². The van der Waals surface area contributed by atoms with Crippen LogP contribution in [0.1, 0.15) is 29.6 Å². The van der Waals surface area contributed by atoms with E-state index in [1.807, 2.05) is 24.3 Å². The lowest BCUT2D eigenvalue weighted by atomic mass is 10.0. The van der Waals surface area contributed by atoms with Crippen LogP contribution in [0.15, 0.2) is 30.5 Å². The molecular formula is C18H20N4O2S. The van der Waals surface area contributed by atoms with E-state index >= 15 is 0 Å². The Balaban J connectivity index is 1.50. The Hall–Kier alpha value is -2.25. The minimum Gasteiger partial charge on any atom is -0.347 e. The Labute approximate surface area is 150 Å². The normalized spacial score (nSPS) is 24.3. The lowest BCUT2D eigenvalue weighted by Gasteiger charge is -2.22. The summed E-state index contributed by atoms with van der Waals surface area (Å²) in [6, 6.07) is 8.33. The van der Waals surface area contributed by atoms with Crippen LogP contribution in [-0.4, -0.2) is 35.4 Å². The molecular weight excluding hydrogens is 336 g/mol. The van der Waals surface area contributed by atoms with Crippen molar-refractivity contribution in [2.75, 3.05) is 11.9 Å². The molecule has 0 spiro atoms. The summed E-state index contributed by atoms with van der Waals surface area (Å²) in [6.45, 7) is 2.47. The van der Waals surface area contributed by atoms with E-state index in [4.69, 9.17) is 0 Å². The average Bonchev–Trinajstić information content (AvgIpc) is 3.31. The van der Waals surface area contributed by atoms with Gasteiger partial charge in [0.2, 0.25) is 5.91 Å². The first kappa shape index (κ1) is 16.2. The zero-order valence-corrected chi connectivity index (χ0v) is 14.7. The van der Waals surface area contributed by atoms with Crippen LogP contribution >= 0.6 is 11.3 Å². The van der Waals surface area contributed by atoms with E-state index in [0.717, 1.165) is 35.5 Å². The highest BCUT2D eigenvalue weighted by Gasteiger charge is 2.40. The van der Waals surface area contributed by atoms with Crippen LogP contribution < -0.4 is 16.0 Å². The SMILES string of the molecule is CC(=O)Nc1ccccc1-c1cnc(C(=O)NC2CC3CC2CN3)s1. The number of hydrogen-bond acceptors (Lipinski definition) is 5. The van der Waals surface area contributed by atoms with Crippen LogP contribution in [-0.2, 0) is 4.79 Å². The quantitative estimate of drug-likeness (QED) is 0.785. The lowest BCUT2D eigenvalue weighted by molar-refractivity contribution is -0.114. The summed E-state index contributed by atoms with van der Waals surface area (Å²) in [5, 5.41) is 9.87. The Morgan fingerprint density at radius 3 is 2.84 bits per heavy atom. The molecule has 1 aromatic carbocycles. The first-order valence-corrected chi connectivity index (χ1v) is 9.29. The zero-order chi connectivity index (χ0) is 17.4. The Morgan fingerprint density at radius 2 is 2.12 bits per heavy atom. The lowest BCUT2D eigenvalue weighted by Crippen LogP contribution is -2.44. The van der Waals surface area contributed by atoms with Gasteiger partial charge in [-0.05, 0) is 24.8 Å². The molecule has 25 heavy (non-hydrogen) atoms. The predicted molar refractivity (Wildman–Crippen MR) is 97.6 cm³/mol. The second-order valence-corrected chi connectivity index (χ2v) is 7.70. The maximum absolute atomic E-state index is 12.5. The van der Waals surface area contributed by atoms with Crippen LogP contribution in [0.2, 0.25) is 0 Å². The molecule has 2 aromatic rings. The summed E-state index contributed by atoms with van der Waals surface area (Å²) in [7, 11) is 0. The van der Waals surface area contributed by atoms with Gasteiger partial charge in [0.05, 0.1) is 4.88 Å². The maximum atomic E-state index is 12.5. The third kappa shape index (κ3) is 3.29. The second kappa shape index (κ2) is 6.57. The van der Waals surface area contributed by atoms with Crippen LogP contribution in [0.4, 0.5) is 5.69 Å². The van der Waals surface area contributed by atoms with Crippen molar-refractivity contribution in [1.29, 1.82) is 0 Å². The van der Waals surface area contributed by atoms with Gasteiger partial charge in [0.1, 0.15) is 0 Å². The first-order valence-electron chi connectivity index (χ1n) is 8.47. The van der Waals surface area contributed by atoms with Gasteiger partial charge < -0.3 is 16.0 Å². The van der Waals surface area contributed by atoms with Gasteiger partial charge in [-0.2, -0.15) is 0 Å². The molecule has 130 valence electrons. The van der Waals surface area contributed by atoms with Crippen molar-refractivity contribution in [3.05, 3.63) is 35.5 Å². The smallest absolute Gasteiger partial charge is 0.280 e. The molecule has 7 heteroatoms. The Bertz CT molecular complexity index is 819. The summed E-state index contributed by atoms with van der Waals surface area (Å²) < 4.78 is 0. The Morgan fingerprint density at radius 1 is 1.28 bits per heavy atom. The van der Waals surface area contributed by atoms with E-state index in [0.29, 0.717) is 17.0 Å². The highest BCUT2D eigenvalue weighted by Crippen LogP contribution is 2.34. The van der Waals surface area contributed by atoms with Crippen molar-refractivity contribution in [2.45, 2.75) is 31.8 Å². The number of anilines is 1. The van der Waals surface area contributed by atoms with Crippen LogP contribution in [0.5, 0.6) is 0 Å². The van der Waals surface area contributed by atoms with Gasteiger partial charge in [-0.15, -0.1) is 11.3 Å². The number of carbonyl (C=O) groups excluding carboxylic acids is 2. The fourth-order valence-corrected chi connectivity index (χ4v) is 4.60. The number of nitrogens with one attached hydrogen (secondary N) is 3. The average molecular weight is 356 g/mol. The fourth-order valence-electron chi connectivity index (χ4n) is 3.74. The van der Waals surface area contributed by atoms with E-state index in [1.165, 1.54) is 18.3 Å². The second-order valence-electron chi connectivity index (χ2n) is 6.67. The molecule has 1 saturated heterocycles. The minimum atomic E-state index is -0.125. The van der Waals surface area contributed by atoms with Crippen molar-refractivity contribution in [3.8, 4) is 10.4 Å². The molecule has 1 saturated carbocycles. The molecule has 6 nitrogen and oxygen atoms in total. The highest BCUT2D eigenvalue weighted by molar-refractivity contribution is 7.17. The summed E-state index contributed by atoms with van der Waals surface area (Å²) >= 11 is 1.35. The van der Waals surface area contributed by atoms with Crippen molar-refractivity contribution in [2.24, 2.45) is 5.92 Å². The number of hydrogen-bond donors (Lipinski definition) is 3. The van der Waals surface area contributed by atoms with Gasteiger partial charge in [0, 0.05) is 43.0 Å². The third-order valence-electron chi connectivity index (χ3n) is 4.88. The van der Waals surface area contributed by atoms with Crippen molar-refractivity contribution >= 4 is 28.8 Å². The standard InChI is InChI=1S/C18H20N4O2S/c1-10(23)21-14-5-3-2-4-13(14)16-9-20-18(25-16)17(24)22-15-7-12-6-11(15)8-19-12/h2-5,9,11-12,15,19H,6-8H2,1H3,(H,21,23)(H,22,24). The number of amides is 2. The number of aromatic nitrogens is 1. The summed E-state index contributed by atoms with van der Waals surface area (Å²) in [5.41, 5.74) is 1.60. The number of fused-ring (bicyclic) bond motifs is 2. The number of piperidine rings is 1. The number of benzene rings is 1. The molecule has 2 bridgehead atoms. The van der Waals surface area contributed by atoms with Crippen LogP contribution in [0, 0.1) is 5.92 Å². The number of rotatable bonds is 4. The van der Waals surface area contributed by atoms with Crippen molar-refractivity contribution in [1.82, 2.24) is 15.6 Å². The van der Waals surface area contributed by atoms with E-state index in [2.05, 4.69) is 20.9 Å². The topological polar surface area (TPSA) is 83.1 Å². The number of carbonyl (C=O) groups is 2. The molecule has 1 aliphatic carbocycles. The summed E-state index contributed by atoms with van der Waals surface area (Å²) in [5.74, 6) is 0.305. The van der Waals surface area contributed by atoms with E-state index in [-0.39, 0.29) is 17.9 Å². The highest BCUT2D eigenvalue weighted by atomic mass is 32.1. The fraction of sp³-hybridized carbons (Fsp3) is 0.389. The van der Waals surface area contributed by atoms with Crippen molar-refractivity contribution in [3.63, 3.8) is 0 Å². The van der Waals surface area contributed by atoms with Gasteiger partial charge in [-0.3, -0.25) is 9.59 Å². The molecule has 3 N–H and O–H groups in total. The molecule has 3 unspecified atom stereocenters. The zero-order valence-electron chi connectivity index (χ0n) is 13.9. The number of thiazole rings is 1. The maximum Gasteiger partial charge on any atom is 0.280 e. The molecule has 2 amide bonds. The van der Waals surface area contributed by atoms with E-state index in [1.54, 1.807) is 6.20 Å². The van der Waals surface area contributed by atoms with Gasteiger partial charge in [-0.25, -0.2) is 4.98 Å². The van der Waals surface area contributed by atoms with Gasteiger partial charge in [-0.1, -0.05) is 18.2 Å². The molecule has 2 aliphatic rings. The minimum absolute atomic E-state index is 0.106. The monoisotopic (exact) mass is 356 g/mol. The first-order chi connectivity index (χ1) is 12.1. The molecule has 4 rings (SSSR count). The number of para-hydroxylation sites is 1. The summed E-state index contributed by atoms with van der Waals surface area (Å²) in [6.07, 6.45) is 3.85. The van der Waals surface area contributed by atoms with Crippen LogP contribution in [0.25, 0.3) is 10.4 Å². The molecule has 1 aliphatic heterocycles. The third-order valence-corrected chi connectivity index (χ3v) is 5.91. The van der Waals surface area contributed by atoms with Crippen LogP contribution in [0.3, 0.4) is 0 Å². The molecule has 0 radical (unpaired) electrons. The molecule has 3 atom stereocenters. The molecule has 2 heterocycles. The molecule has 2 fully saturated rings. The predicted octanol–water partition coefficient (Wildman–Crippen LogP) is 2.25. The van der Waals surface area contributed by atoms with E-state index < -0.39 is 0 Å². The van der Waals surface area contributed by atoms with Crippen molar-refractivity contribution < 1.29 is 9.59 Å². The molecule has 1 aromatic heterocycles. The van der Waals surface area contributed by atoms with Gasteiger partial charge >= 0.3 is 0 Å². The number of nitrogens with zero attached hydrogens (tertiary/aromatic N) is 1. The summed E-state index contributed by atoms with van der Waals surface area (Å²) in [4.78, 5) is 29.1.